The molecule has 0 radical (unpaired) electrons. The van der Waals surface area contributed by atoms with Gasteiger partial charge in [-0.3, -0.25) is 4.79 Å². The lowest BCUT2D eigenvalue weighted by Gasteiger charge is -2.24. The number of urea groups is 1. The van der Waals surface area contributed by atoms with E-state index in [0.717, 1.165) is 19.4 Å². The number of carbonyl (C=O) groups is 2. The van der Waals surface area contributed by atoms with E-state index in [4.69, 9.17) is 15.2 Å². The highest BCUT2D eigenvalue weighted by Gasteiger charge is 2.22. The number of methoxy groups -OCH3 is 1. The van der Waals surface area contributed by atoms with E-state index in [0.29, 0.717) is 30.1 Å². The van der Waals surface area contributed by atoms with Gasteiger partial charge in [0, 0.05) is 25.3 Å². The van der Waals surface area contributed by atoms with E-state index in [9.17, 15) is 9.59 Å². The van der Waals surface area contributed by atoms with Crippen molar-refractivity contribution in [2.75, 3.05) is 32.1 Å². The van der Waals surface area contributed by atoms with Gasteiger partial charge in [0.15, 0.2) is 0 Å². The number of anilines is 1. The molecule has 3 N–H and O–H groups in total. The van der Waals surface area contributed by atoms with Gasteiger partial charge in [-0.1, -0.05) is 0 Å². The predicted octanol–water partition coefficient (Wildman–Crippen LogP) is 1.83. The predicted molar refractivity (Wildman–Crippen MR) is 86.8 cm³/mol. The Morgan fingerprint density at radius 1 is 1.48 bits per heavy atom. The molecule has 0 aliphatic carbocycles. The van der Waals surface area contributed by atoms with Crippen molar-refractivity contribution in [3.8, 4) is 5.75 Å². The zero-order valence-corrected chi connectivity index (χ0v) is 13.5. The topological polar surface area (TPSA) is 93.9 Å². The average molecular weight is 321 g/mol. The van der Waals surface area contributed by atoms with Crippen molar-refractivity contribution in [3.63, 3.8) is 0 Å². The molecule has 1 atom stereocenters. The molecule has 23 heavy (non-hydrogen) atoms. The number of nitrogens with two attached hydrogens (primary N) is 1. The standard InChI is InChI=1S/C16H23N3O4/c1-3-19(10-12-5-4-8-23-12)16(21)18-13-9-11(15(17)20)6-7-14(13)22-2/h6-7,9,12H,3-5,8,10H2,1-2H3,(H2,17,20)(H,18,21)/t12-/m0/s1. The summed E-state index contributed by atoms with van der Waals surface area (Å²) in [6.07, 6.45) is 2.07. The Hall–Kier alpha value is -2.28. The van der Waals surface area contributed by atoms with Crippen molar-refractivity contribution in [3.05, 3.63) is 23.8 Å². The molecule has 0 saturated carbocycles. The number of nitrogens with zero attached hydrogens (tertiary/aromatic N) is 1. The SMILES string of the molecule is CCN(C[C@@H]1CCCO1)C(=O)Nc1cc(C(N)=O)ccc1OC. The van der Waals surface area contributed by atoms with Crippen LogP contribution in [0.15, 0.2) is 18.2 Å². The highest BCUT2D eigenvalue weighted by atomic mass is 16.5. The number of rotatable bonds is 6. The molecular weight excluding hydrogens is 298 g/mol. The lowest BCUT2D eigenvalue weighted by molar-refractivity contribution is 0.0849. The third-order valence-corrected chi connectivity index (χ3v) is 3.84. The Bertz CT molecular complexity index is 570. The van der Waals surface area contributed by atoms with E-state index in [2.05, 4.69) is 5.32 Å². The van der Waals surface area contributed by atoms with Crippen LogP contribution >= 0.6 is 0 Å². The second-order valence-corrected chi connectivity index (χ2v) is 5.38. The normalized spacial score (nSPS) is 16.9. The number of hydrogen-bond donors (Lipinski definition) is 2. The second-order valence-electron chi connectivity index (χ2n) is 5.38. The first kappa shape index (κ1) is 17.1. The van der Waals surface area contributed by atoms with Gasteiger partial charge in [0.05, 0.1) is 18.9 Å². The number of carbonyl (C=O) groups excluding carboxylic acids is 2. The van der Waals surface area contributed by atoms with Gasteiger partial charge in [0.25, 0.3) is 0 Å². The number of nitrogens with one attached hydrogen (secondary N) is 1. The first-order valence-corrected chi connectivity index (χ1v) is 7.70. The maximum atomic E-state index is 12.5. The number of primary amides is 1. The lowest BCUT2D eigenvalue weighted by atomic mass is 10.1. The highest BCUT2D eigenvalue weighted by Crippen LogP contribution is 2.26. The van der Waals surface area contributed by atoms with Gasteiger partial charge < -0.3 is 25.4 Å². The van der Waals surface area contributed by atoms with Crippen molar-refractivity contribution in [1.82, 2.24) is 4.90 Å². The summed E-state index contributed by atoms with van der Waals surface area (Å²) in [6, 6.07) is 4.41. The third-order valence-electron chi connectivity index (χ3n) is 3.84. The minimum Gasteiger partial charge on any atom is -0.495 e. The molecular formula is C16H23N3O4. The summed E-state index contributed by atoms with van der Waals surface area (Å²) in [5.41, 5.74) is 6.01. The van der Waals surface area contributed by atoms with Gasteiger partial charge in [-0.2, -0.15) is 0 Å². The fourth-order valence-electron chi connectivity index (χ4n) is 2.54. The van der Waals surface area contributed by atoms with Gasteiger partial charge >= 0.3 is 6.03 Å². The monoisotopic (exact) mass is 321 g/mol. The van der Waals surface area contributed by atoms with Gasteiger partial charge in [0.1, 0.15) is 5.75 Å². The molecule has 1 aromatic carbocycles. The van der Waals surface area contributed by atoms with Crippen LogP contribution in [0.3, 0.4) is 0 Å². The molecule has 1 heterocycles. The fourth-order valence-corrected chi connectivity index (χ4v) is 2.54. The smallest absolute Gasteiger partial charge is 0.322 e. The van der Waals surface area contributed by atoms with Crippen LogP contribution in [-0.4, -0.2) is 49.7 Å². The Kier molecular flexibility index (Phi) is 5.81. The first-order valence-electron chi connectivity index (χ1n) is 7.70. The Morgan fingerprint density at radius 3 is 2.83 bits per heavy atom. The number of ether oxygens (including phenoxy) is 2. The van der Waals surface area contributed by atoms with E-state index in [-0.39, 0.29) is 12.1 Å². The molecule has 0 spiro atoms. The van der Waals surface area contributed by atoms with Crippen LogP contribution in [0.4, 0.5) is 10.5 Å². The van der Waals surface area contributed by atoms with E-state index in [1.54, 1.807) is 17.0 Å². The number of benzene rings is 1. The van der Waals surface area contributed by atoms with Crippen molar-refractivity contribution < 1.29 is 19.1 Å². The first-order chi connectivity index (χ1) is 11.0. The lowest BCUT2D eigenvalue weighted by Crippen LogP contribution is -2.40. The maximum Gasteiger partial charge on any atom is 0.322 e. The maximum absolute atomic E-state index is 12.5. The quantitative estimate of drug-likeness (QED) is 0.836. The van der Waals surface area contributed by atoms with E-state index < -0.39 is 5.91 Å². The van der Waals surface area contributed by atoms with Gasteiger partial charge in [-0.15, -0.1) is 0 Å². The second kappa shape index (κ2) is 7.82. The van der Waals surface area contributed by atoms with Crippen molar-refractivity contribution in [2.24, 2.45) is 5.73 Å². The molecule has 0 unspecified atom stereocenters. The molecule has 1 aliphatic heterocycles. The van der Waals surface area contributed by atoms with Crippen LogP contribution in [0, 0.1) is 0 Å². The minimum absolute atomic E-state index is 0.0829. The minimum atomic E-state index is -0.560. The molecule has 0 aromatic heterocycles. The largest absolute Gasteiger partial charge is 0.495 e. The van der Waals surface area contributed by atoms with Crippen molar-refractivity contribution in [2.45, 2.75) is 25.9 Å². The van der Waals surface area contributed by atoms with Crippen LogP contribution in [0.1, 0.15) is 30.1 Å². The summed E-state index contributed by atoms with van der Waals surface area (Å²) >= 11 is 0. The van der Waals surface area contributed by atoms with Crippen LogP contribution in [0.5, 0.6) is 5.75 Å². The molecule has 126 valence electrons. The van der Waals surface area contributed by atoms with Crippen LogP contribution in [-0.2, 0) is 4.74 Å². The van der Waals surface area contributed by atoms with Gasteiger partial charge in [-0.05, 0) is 38.0 Å². The Morgan fingerprint density at radius 2 is 2.26 bits per heavy atom. The van der Waals surface area contributed by atoms with Crippen LogP contribution in [0.2, 0.25) is 0 Å². The molecule has 1 saturated heterocycles. The van der Waals surface area contributed by atoms with Crippen LogP contribution in [0.25, 0.3) is 0 Å². The van der Waals surface area contributed by atoms with E-state index in [1.165, 1.54) is 13.2 Å². The molecule has 1 aliphatic rings. The summed E-state index contributed by atoms with van der Waals surface area (Å²) in [5, 5.41) is 2.78. The summed E-state index contributed by atoms with van der Waals surface area (Å²) < 4.78 is 10.8. The number of likely N-dealkylation sites (N-methyl/N-ethyl adjacent to an activating group) is 1. The van der Waals surface area contributed by atoms with Gasteiger partial charge in [0.2, 0.25) is 5.91 Å². The molecule has 7 nitrogen and oxygen atoms in total. The molecule has 3 amide bonds. The van der Waals surface area contributed by atoms with Crippen molar-refractivity contribution in [1.29, 1.82) is 0 Å². The van der Waals surface area contributed by atoms with E-state index >= 15 is 0 Å². The third kappa shape index (κ3) is 4.35. The summed E-state index contributed by atoms with van der Waals surface area (Å²) in [5.74, 6) is -0.0913. The average Bonchev–Trinajstić information content (AvgIpc) is 3.05. The summed E-state index contributed by atoms with van der Waals surface area (Å²) in [6.45, 7) is 3.76. The summed E-state index contributed by atoms with van der Waals surface area (Å²) in [4.78, 5) is 25.4. The number of amides is 3. The molecule has 2 rings (SSSR count). The molecule has 7 heteroatoms. The van der Waals surface area contributed by atoms with Crippen LogP contribution < -0.4 is 15.8 Å². The zero-order valence-electron chi connectivity index (χ0n) is 13.5. The molecule has 1 fully saturated rings. The number of hydrogen-bond acceptors (Lipinski definition) is 4. The van der Waals surface area contributed by atoms with Gasteiger partial charge in [-0.25, -0.2) is 4.79 Å². The van der Waals surface area contributed by atoms with E-state index in [1.807, 2.05) is 6.92 Å². The highest BCUT2D eigenvalue weighted by molar-refractivity contribution is 5.97. The Balaban J connectivity index is 2.10. The molecule has 1 aromatic rings. The fraction of sp³-hybridized carbons (Fsp3) is 0.500. The molecule has 0 bridgehead atoms. The Labute approximate surface area is 135 Å². The summed E-state index contributed by atoms with van der Waals surface area (Å²) in [7, 11) is 1.50. The van der Waals surface area contributed by atoms with Crippen molar-refractivity contribution >= 4 is 17.6 Å². The zero-order chi connectivity index (χ0) is 16.8.